The summed E-state index contributed by atoms with van der Waals surface area (Å²) in [6, 6.07) is 7.53. The van der Waals surface area contributed by atoms with E-state index in [0.717, 1.165) is 19.0 Å². The lowest BCUT2D eigenvalue weighted by molar-refractivity contribution is 0.155. The Hall–Kier alpha value is -0.930. The molecule has 1 heterocycles. The molecular formula is C17H27FN2. The van der Waals surface area contributed by atoms with Crippen LogP contribution in [-0.2, 0) is 6.54 Å². The third-order valence-corrected chi connectivity index (χ3v) is 4.16. The van der Waals surface area contributed by atoms with Crippen molar-refractivity contribution >= 4 is 0 Å². The highest BCUT2D eigenvalue weighted by Gasteiger charge is 2.21. The van der Waals surface area contributed by atoms with Crippen LogP contribution in [0, 0.1) is 11.7 Å². The molecule has 1 aromatic carbocycles. The van der Waals surface area contributed by atoms with Crippen LogP contribution in [0.15, 0.2) is 24.3 Å². The molecule has 2 nitrogen and oxygen atoms in total. The first kappa shape index (κ1) is 15.5. The fourth-order valence-electron chi connectivity index (χ4n) is 3.27. The van der Waals surface area contributed by atoms with Crippen LogP contribution in [0.5, 0.6) is 0 Å². The zero-order valence-corrected chi connectivity index (χ0v) is 12.7. The van der Waals surface area contributed by atoms with E-state index in [9.17, 15) is 4.39 Å². The molecule has 0 aliphatic carbocycles. The smallest absolute Gasteiger partial charge is 0.123 e. The van der Waals surface area contributed by atoms with Gasteiger partial charge >= 0.3 is 0 Å². The third kappa shape index (κ3) is 4.88. The van der Waals surface area contributed by atoms with E-state index < -0.39 is 0 Å². The van der Waals surface area contributed by atoms with E-state index in [1.165, 1.54) is 37.9 Å². The Morgan fingerprint density at radius 3 is 2.80 bits per heavy atom. The van der Waals surface area contributed by atoms with Gasteiger partial charge in [-0.1, -0.05) is 19.1 Å². The first-order chi connectivity index (χ1) is 9.67. The van der Waals surface area contributed by atoms with Gasteiger partial charge in [0.15, 0.2) is 0 Å². The van der Waals surface area contributed by atoms with Gasteiger partial charge in [-0.15, -0.1) is 0 Å². The lowest BCUT2D eigenvalue weighted by Crippen LogP contribution is -2.38. The minimum Gasteiger partial charge on any atom is -0.315 e. The van der Waals surface area contributed by atoms with E-state index >= 15 is 0 Å². The molecule has 0 aromatic heterocycles. The fourth-order valence-corrected chi connectivity index (χ4v) is 3.27. The molecule has 1 aromatic rings. The molecule has 0 spiro atoms. The van der Waals surface area contributed by atoms with Gasteiger partial charge in [-0.3, -0.25) is 4.90 Å². The van der Waals surface area contributed by atoms with Crippen molar-refractivity contribution in [3.8, 4) is 0 Å². The highest BCUT2D eigenvalue weighted by atomic mass is 19.1. The van der Waals surface area contributed by atoms with Crippen LogP contribution < -0.4 is 5.32 Å². The van der Waals surface area contributed by atoms with Crippen LogP contribution >= 0.6 is 0 Å². The van der Waals surface area contributed by atoms with Crippen LogP contribution in [-0.4, -0.2) is 30.6 Å². The van der Waals surface area contributed by atoms with Crippen molar-refractivity contribution < 1.29 is 4.39 Å². The number of piperidine rings is 1. The number of halogens is 1. The van der Waals surface area contributed by atoms with Crippen LogP contribution in [0.4, 0.5) is 4.39 Å². The average Bonchev–Trinajstić information content (AvgIpc) is 2.42. The molecule has 1 aliphatic heterocycles. The summed E-state index contributed by atoms with van der Waals surface area (Å²) in [5, 5.41) is 3.50. The van der Waals surface area contributed by atoms with E-state index in [-0.39, 0.29) is 5.82 Å². The Labute approximate surface area is 122 Å². The molecule has 0 amide bonds. The van der Waals surface area contributed by atoms with Gasteiger partial charge < -0.3 is 5.32 Å². The van der Waals surface area contributed by atoms with Crippen molar-refractivity contribution in [3.05, 3.63) is 35.6 Å². The molecule has 1 aliphatic rings. The van der Waals surface area contributed by atoms with Crippen LogP contribution in [0.2, 0.25) is 0 Å². The molecule has 20 heavy (non-hydrogen) atoms. The number of nitrogens with one attached hydrogen (secondary N) is 1. The second kappa shape index (κ2) is 7.75. The fraction of sp³-hybridized carbons (Fsp3) is 0.647. The first-order valence-electron chi connectivity index (χ1n) is 7.87. The van der Waals surface area contributed by atoms with Gasteiger partial charge in [0.1, 0.15) is 5.82 Å². The van der Waals surface area contributed by atoms with Gasteiger partial charge in [-0.05, 0) is 62.9 Å². The summed E-state index contributed by atoms with van der Waals surface area (Å²) in [5.41, 5.74) is 1.21. The SMILES string of the molecule is CCNC(C)CC1CCCN(Cc2ccc(F)cc2)C1. The summed E-state index contributed by atoms with van der Waals surface area (Å²) in [4.78, 5) is 2.51. The molecule has 1 N–H and O–H groups in total. The third-order valence-electron chi connectivity index (χ3n) is 4.16. The van der Waals surface area contributed by atoms with E-state index in [4.69, 9.17) is 0 Å². The minimum absolute atomic E-state index is 0.148. The summed E-state index contributed by atoms with van der Waals surface area (Å²) in [7, 11) is 0. The topological polar surface area (TPSA) is 15.3 Å². The van der Waals surface area contributed by atoms with Crippen LogP contribution in [0.3, 0.4) is 0 Å². The van der Waals surface area contributed by atoms with Gasteiger partial charge in [0, 0.05) is 19.1 Å². The number of likely N-dealkylation sites (tertiary alicyclic amines) is 1. The Balaban J connectivity index is 1.82. The zero-order valence-electron chi connectivity index (χ0n) is 12.7. The Bertz CT molecular complexity index is 390. The molecule has 1 saturated heterocycles. The Morgan fingerprint density at radius 1 is 1.35 bits per heavy atom. The predicted molar refractivity (Wildman–Crippen MR) is 82.2 cm³/mol. The minimum atomic E-state index is -0.148. The molecule has 0 bridgehead atoms. The summed E-state index contributed by atoms with van der Waals surface area (Å²) >= 11 is 0. The average molecular weight is 278 g/mol. The second-order valence-electron chi connectivity index (χ2n) is 6.06. The number of nitrogens with zero attached hydrogens (tertiary/aromatic N) is 1. The monoisotopic (exact) mass is 278 g/mol. The van der Waals surface area contributed by atoms with E-state index in [0.29, 0.717) is 6.04 Å². The van der Waals surface area contributed by atoms with Gasteiger partial charge in [0.25, 0.3) is 0 Å². The van der Waals surface area contributed by atoms with Crippen molar-refractivity contribution in [1.29, 1.82) is 0 Å². The maximum Gasteiger partial charge on any atom is 0.123 e. The summed E-state index contributed by atoms with van der Waals surface area (Å²) < 4.78 is 12.9. The van der Waals surface area contributed by atoms with Gasteiger partial charge in [-0.2, -0.15) is 0 Å². The number of rotatable bonds is 6. The lowest BCUT2D eigenvalue weighted by atomic mass is 9.91. The van der Waals surface area contributed by atoms with Gasteiger partial charge in [0.05, 0.1) is 0 Å². The zero-order chi connectivity index (χ0) is 14.4. The Morgan fingerprint density at radius 2 is 2.10 bits per heavy atom. The van der Waals surface area contributed by atoms with Crippen molar-refractivity contribution in [2.45, 2.75) is 45.7 Å². The van der Waals surface area contributed by atoms with Crippen molar-refractivity contribution in [2.75, 3.05) is 19.6 Å². The Kier molecular flexibility index (Phi) is 5.99. The highest BCUT2D eigenvalue weighted by molar-refractivity contribution is 5.15. The molecular weight excluding hydrogens is 251 g/mol. The maximum absolute atomic E-state index is 12.9. The van der Waals surface area contributed by atoms with Gasteiger partial charge in [-0.25, -0.2) is 4.39 Å². The standard InChI is InChI=1S/C17H27FN2/c1-3-19-14(2)11-16-5-4-10-20(13-16)12-15-6-8-17(18)9-7-15/h6-9,14,16,19H,3-5,10-13H2,1-2H3. The van der Waals surface area contributed by atoms with Crippen LogP contribution in [0.25, 0.3) is 0 Å². The van der Waals surface area contributed by atoms with Gasteiger partial charge in [0.2, 0.25) is 0 Å². The largest absolute Gasteiger partial charge is 0.315 e. The number of benzene rings is 1. The molecule has 0 saturated carbocycles. The summed E-state index contributed by atoms with van der Waals surface area (Å²) in [6.45, 7) is 8.79. The number of hydrogen-bond acceptors (Lipinski definition) is 2. The molecule has 3 heteroatoms. The maximum atomic E-state index is 12.9. The van der Waals surface area contributed by atoms with E-state index in [1.54, 1.807) is 12.1 Å². The van der Waals surface area contributed by atoms with Crippen molar-refractivity contribution in [2.24, 2.45) is 5.92 Å². The van der Waals surface area contributed by atoms with Crippen molar-refractivity contribution in [1.82, 2.24) is 10.2 Å². The van der Waals surface area contributed by atoms with E-state index in [1.807, 2.05) is 12.1 Å². The summed E-state index contributed by atoms with van der Waals surface area (Å²) in [5.74, 6) is 0.642. The first-order valence-corrected chi connectivity index (χ1v) is 7.87. The summed E-state index contributed by atoms with van der Waals surface area (Å²) in [6.07, 6.45) is 3.88. The number of hydrogen-bond donors (Lipinski definition) is 1. The molecule has 2 rings (SSSR count). The van der Waals surface area contributed by atoms with E-state index in [2.05, 4.69) is 24.1 Å². The normalized spacial score (nSPS) is 21.9. The second-order valence-corrected chi connectivity index (χ2v) is 6.06. The molecule has 0 radical (unpaired) electrons. The molecule has 2 atom stereocenters. The molecule has 2 unspecified atom stereocenters. The van der Waals surface area contributed by atoms with Crippen LogP contribution in [0.1, 0.15) is 38.7 Å². The molecule has 112 valence electrons. The highest BCUT2D eigenvalue weighted by Crippen LogP contribution is 2.22. The molecule has 1 fully saturated rings. The van der Waals surface area contributed by atoms with Crippen molar-refractivity contribution in [3.63, 3.8) is 0 Å². The lowest BCUT2D eigenvalue weighted by Gasteiger charge is -2.34. The predicted octanol–water partition coefficient (Wildman–Crippen LogP) is 3.43. The quantitative estimate of drug-likeness (QED) is 0.857.